The molecule has 0 fully saturated rings. The smallest absolute Gasteiger partial charge is 0.309 e. The summed E-state index contributed by atoms with van der Waals surface area (Å²) in [4.78, 5) is 38.8. The SMILES string of the molecule is CN(C)CCCc1cccc2nc3c(=O)[nH]c(=O)[nH]c3nc12. The van der Waals surface area contributed by atoms with E-state index < -0.39 is 11.2 Å². The van der Waals surface area contributed by atoms with Gasteiger partial charge in [-0.3, -0.25) is 14.8 Å². The number of benzene rings is 1. The van der Waals surface area contributed by atoms with Gasteiger partial charge in [0.2, 0.25) is 0 Å². The minimum Gasteiger partial charge on any atom is -0.309 e. The molecule has 114 valence electrons. The number of hydrogen-bond donors (Lipinski definition) is 2. The van der Waals surface area contributed by atoms with Gasteiger partial charge in [-0.15, -0.1) is 0 Å². The Hall–Kier alpha value is -2.54. The predicted octanol–water partition coefficient (Wildman–Crippen LogP) is 0.654. The van der Waals surface area contributed by atoms with Crippen molar-refractivity contribution in [1.29, 1.82) is 0 Å². The summed E-state index contributed by atoms with van der Waals surface area (Å²) in [7, 11) is 4.07. The lowest BCUT2D eigenvalue weighted by Crippen LogP contribution is -2.23. The Kier molecular flexibility index (Phi) is 3.72. The number of fused-ring (bicyclic) bond motifs is 2. The zero-order valence-corrected chi connectivity index (χ0v) is 12.5. The number of hydrogen-bond acceptors (Lipinski definition) is 5. The van der Waals surface area contributed by atoms with Crippen molar-refractivity contribution in [2.45, 2.75) is 12.8 Å². The van der Waals surface area contributed by atoms with Crippen molar-refractivity contribution in [2.24, 2.45) is 0 Å². The fraction of sp³-hybridized carbons (Fsp3) is 0.333. The second kappa shape index (κ2) is 5.69. The summed E-state index contributed by atoms with van der Waals surface area (Å²) in [6.07, 6.45) is 1.86. The highest BCUT2D eigenvalue weighted by Gasteiger charge is 2.09. The second-order valence-corrected chi connectivity index (χ2v) is 5.52. The summed E-state index contributed by atoms with van der Waals surface area (Å²) < 4.78 is 0. The first-order chi connectivity index (χ1) is 10.5. The van der Waals surface area contributed by atoms with Crippen LogP contribution < -0.4 is 11.2 Å². The Balaban J connectivity index is 2.13. The molecule has 0 spiro atoms. The summed E-state index contributed by atoms with van der Waals surface area (Å²) in [6.45, 7) is 0.980. The molecule has 7 nitrogen and oxygen atoms in total. The largest absolute Gasteiger partial charge is 0.327 e. The van der Waals surface area contributed by atoms with Crippen molar-refractivity contribution in [2.75, 3.05) is 20.6 Å². The van der Waals surface area contributed by atoms with Gasteiger partial charge in [0, 0.05) is 0 Å². The van der Waals surface area contributed by atoms with Crippen molar-refractivity contribution in [3.63, 3.8) is 0 Å². The van der Waals surface area contributed by atoms with Crippen molar-refractivity contribution < 1.29 is 0 Å². The third-order valence-corrected chi connectivity index (χ3v) is 3.50. The van der Waals surface area contributed by atoms with E-state index in [0.29, 0.717) is 5.52 Å². The van der Waals surface area contributed by atoms with Crippen LogP contribution in [-0.4, -0.2) is 45.5 Å². The maximum Gasteiger partial charge on any atom is 0.327 e. The van der Waals surface area contributed by atoms with Crippen molar-refractivity contribution in [3.05, 3.63) is 44.6 Å². The van der Waals surface area contributed by atoms with Gasteiger partial charge in [0.1, 0.15) is 0 Å². The lowest BCUT2D eigenvalue weighted by Gasteiger charge is -2.10. The van der Waals surface area contributed by atoms with Gasteiger partial charge >= 0.3 is 5.69 Å². The van der Waals surface area contributed by atoms with Crippen LogP contribution in [0.1, 0.15) is 12.0 Å². The van der Waals surface area contributed by atoms with Gasteiger partial charge in [0.15, 0.2) is 11.2 Å². The van der Waals surface area contributed by atoms with Crippen LogP contribution in [0.3, 0.4) is 0 Å². The standard InChI is InChI=1S/C15H17N5O2/c1-20(2)8-4-6-9-5-3-7-10-11(9)17-13-12(16-10)14(21)19-15(22)18-13/h3,5,7H,4,6,8H2,1-2H3,(H2,17,18,19,21,22). The van der Waals surface area contributed by atoms with Gasteiger partial charge < -0.3 is 4.90 Å². The zero-order valence-electron chi connectivity index (χ0n) is 12.5. The molecule has 0 atom stereocenters. The average molecular weight is 299 g/mol. The molecule has 0 bridgehead atoms. The molecule has 0 aliphatic heterocycles. The van der Waals surface area contributed by atoms with Gasteiger partial charge in [0.25, 0.3) is 5.56 Å². The molecule has 22 heavy (non-hydrogen) atoms. The average Bonchev–Trinajstić information content (AvgIpc) is 2.45. The fourth-order valence-corrected chi connectivity index (χ4v) is 2.47. The summed E-state index contributed by atoms with van der Waals surface area (Å²) in [5.74, 6) is 0. The first-order valence-corrected chi connectivity index (χ1v) is 7.11. The van der Waals surface area contributed by atoms with Crippen LogP contribution in [0.2, 0.25) is 0 Å². The van der Waals surface area contributed by atoms with Crippen LogP contribution >= 0.6 is 0 Å². The molecule has 1 aromatic carbocycles. The molecule has 0 amide bonds. The molecule has 3 aromatic rings. The molecule has 3 rings (SSSR count). The molecular weight excluding hydrogens is 282 g/mol. The molecule has 0 saturated carbocycles. The van der Waals surface area contributed by atoms with Crippen molar-refractivity contribution in [3.8, 4) is 0 Å². The monoisotopic (exact) mass is 299 g/mol. The summed E-state index contributed by atoms with van der Waals surface area (Å²) >= 11 is 0. The van der Waals surface area contributed by atoms with Gasteiger partial charge in [0.05, 0.1) is 11.0 Å². The topological polar surface area (TPSA) is 94.7 Å². The minimum absolute atomic E-state index is 0.151. The maximum absolute atomic E-state index is 11.8. The van der Waals surface area contributed by atoms with E-state index in [1.165, 1.54) is 0 Å². The van der Waals surface area contributed by atoms with Crippen LogP contribution in [0.25, 0.3) is 22.2 Å². The predicted molar refractivity (Wildman–Crippen MR) is 85.2 cm³/mol. The Morgan fingerprint density at radius 1 is 1.09 bits per heavy atom. The van der Waals surface area contributed by atoms with Gasteiger partial charge in [-0.2, -0.15) is 0 Å². The number of aromatic nitrogens is 4. The van der Waals surface area contributed by atoms with E-state index in [4.69, 9.17) is 0 Å². The van der Waals surface area contributed by atoms with Crippen LogP contribution in [0, 0.1) is 0 Å². The van der Waals surface area contributed by atoms with E-state index in [1.54, 1.807) is 0 Å². The van der Waals surface area contributed by atoms with E-state index in [0.717, 1.165) is 30.5 Å². The van der Waals surface area contributed by atoms with E-state index in [9.17, 15) is 9.59 Å². The maximum atomic E-state index is 11.8. The molecule has 0 saturated heterocycles. The van der Waals surface area contributed by atoms with Crippen LogP contribution in [0.5, 0.6) is 0 Å². The molecule has 2 aromatic heterocycles. The third-order valence-electron chi connectivity index (χ3n) is 3.50. The number of para-hydroxylation sites is 1. The highest BCUT2D eigenvalue weighted by atomic mass is 16.2. The van der Waals surface area contributed by atoms with Gasteiger partial charge in [-0.1, -0.05) is 12.1 Å². The number of nitrogens with zero attached hydrogens (tertiary/aromatic N) is 3. The molecular formula is C15H17N5O2. The number of aryl methyl sites for hydroxylation is 1. The number of aromatic amines is 2. The summed E-state index contributed by atoms with van der Waals surface area (Å²) in [5, 5.41) is 0. The lowest BCUT2D eigenvalue weighted by molar-refractivity contribution is 0.400. The van der Waals surface area contributed by atoms with Crippen LogP contribution in [-0.2, 0) is 6.42 Å². The number of rotatable bonds is 4. The normalized spacial score (nSPS) is 11.6. The molecule has 0 aliphatic carbocycles. The van der Waals surface area contributed by atoms with Crippen LogP contribution in [0.15, 0.2) is 27.8 Å². The summed E-state index contributed by atoms with van der Waals surface area (Å²) in [6, 6.07) is 5.74. The third kappa shape index (κ3) is 2.75. The quantitative estimate of drug-likeness (QED) is 0.690. The highest BCUT2D eigenvalue weighted by molar-refractivity contribution is 5.85. The van der Waals surface area contributed by atoms with Gasteiger partial charge in [-0.05, 0) is 45.1 Å². The molecule has 0 unspecified atom stereocenters. The molecule has 2 heterocycles. The van der Waals surface area contributed by atoms with Crippen molar-refractivity contribution >= 4 is 22.2 Å². The lowest BCUT2D eigenvalue weighted by atomic mass is 10.1. The second-order valence-electron chi connectivity index (χ2n) is 5.52. The molecule has 0 radical (unpaired) electrons. The van der Waals surface area contributed by atoms with E-state index in [2.05, 4.69) is 24.8 Å². The highest BCUT2D eigenvalue weighted by Crippen LogP contribution is 2.18. The Morgan fingerprint density at radius 2 is 1.91 bits per heavy atom. The first-order valence-electron chi connectivity index (χ1n) is 7.11. The van der Waals surface area contributed by atoms with E-state index in [-0.39, 0.29) is 11.2 Å². The fourth-order valence-electron chi connectivity index (χ4n) is 2.47. The number of H-pyrrole nitrogens is 2. The minimum atomic E-state index is -0.573. The van der Waals surface area contributed by atoms with E-state index >= 15 is 0 Å². The van der Waals surface area contributed by atoms with E-state index in [1.807, 2.05) is 32.3 Å². The molecule has 0 aliphatic rings. The summed E-state index contributed by atoms with van der Waals surface area (Å²) in [5.41, 5.74) is 1.73. The molecule has 7 heteroatoms. The first kappa shape index (κ1) is 14.4. The molecule has 2 N–H and O–H groups in total. The Labute approximate surface area is 126 Å². The van der Waals surface area contributed by atoms with Crippen LogP contribution in [0.4, 0.5) is 0 Å². The number of nitrogens with one attached hydrogen (secondary N) is 2. The zero-order chi connectivity index (χ0) is 15.7. The Morgan fingerprint density at radius 3 is 2.68 bits per heavy atom. The Bertz CT molecular complexity index is 942. The van der Waals surface area contributed by atoms with Gasteiger partial charge in [-0.25, -0.2) is 14.8 Å². The van der Waals surface area contributed by atoms with Crippen molar-refractivity contribution in [1.82, 2.24) is 24.8 Å².